The molecule has 0 aromatic carbocycles. The maximum absolute atomic E-state index is 12.7. The summed E-state index contributed by atoms with van der Waals surface area (Å²) in [6.07, 6.45) is 50.6. The second kappa shape index (κ2) is 44.7. The SMILES string of the molecule is CCCCCCCCC=CCCCCCCCCCCCC(=O)OCC(COP(=O)([O-])OCC[N+](C)(C)C)OC(=O)CCCCCCCCCCCC=CCCCCCCCC. The summed E-state index contributed by atoms with van der Waals surface area (Å²) in [4.78, 5) is 37.7. The fourth-order valence-corrected chi connectivity index (χ4v) is 8.08. The summed E-state index contributed by atoms with van der Waals surface area (Å²) in [5, 5.41) is 0. The number of esters is 2. The number of carbonyl (C=O) groups excluding carboxylic acids is 2. The molecule has 0 amide bonds. The zero-order valence-corrected chi connectivity index (χ0v) is 42.2. The van der Waals surface area contributed by atoms with Gasteiger partial charge in [-0.15, -0.1) is 0 Å². The first-order valence-electron chi connectivity index (χ1n) is 26.0. The lowest BCUT2D eigenvalue weighted by Gasteiger charge is -2.28. The minimum atomic E-state index is -4.63. The van der Waals surface area contributed by atoms with Gasteiger partial charge in [0.05, 0.1) is 27.7 Å². The predicted octanol–water partition coefficient (Wildman–Crippen LogP) is 14.8. The normalized spacial score (nSPS) is 13.6. The topological polar surface area (TPSA) is 111 Å². The Morgan fingerprint density at radius 1 is 0.484 bits per heavy atom. The molecule has 0 rings (SSSR count). The van der Waals surface area contributed by atoms with E-state index in [9.17, 15) is 19.0 Å². The standard InChI is InChI=1S/C52H100NO8P/c1-6-8-10-12-14-16-18-20-22-24-26-28-30-32-34-36-38-40-42-44-51(54)58-48-50(49-60-62(56,57)59-47-46-53(3,4)5)61-52(55)45-43-41-39-37-35-33-31-29-27-25-23-21-19-17-15-13-11-9-7-2/h20-23,50H,6-19,24-49H2,1-5H3. The van der Waals surface area contributed by atoms with Gasteiger partial charge in [-0.25, -0.2) is 0 Å². The Hall–Kier alpha value is -1.51. The van der Waals surface area contributed by atoms with Gasteiger partial charge in [-0.1, -0.05) is 192 Å². The molecule has 62 heavy (non-hydrogen) atoms. The molecule has 0 heterocycles. The number of phosphoric ester groups is 1. The van der Waals surface area contributed by atoms with Gasteiger partial charge in [0.25, 0.3) is 7.82 Å². The number of phosphoric acid groups is 1. The minimum Gasteiger partial charge on any atom is -0.756 e. The minimum absolute atomic E-state index is 0.0298. The molecular weight excluding hydrogens is 798 g/mol. The number of unbranched alkanes of at least 4 members (excludes halogenated alkanes) is 30. The monoisotopic (exact) mass is 898 g/mol. The lowest BCUT2D eigenvalue weighted by atomic mass is 10.1. The highest BCUT2D eigenvalue weighted by atomic mass is 31.2. The molecule has 0 aliphatic carbocycles. The van der Waals surface area contributed by atoms with Crippen LogP contribution in [-0.2, 0) is 32.7 Å². The van der Waals surface area contributed by atoms with Gasteiger partial charge in [-0.2, -0.15) is 0 Å². The summed E-state index contributed by atoms with van der Waals surface area (Å²) in [7, 11) is 1.17. The van der Waals surface area contributed by atoms with Crippen molar-refractivity contribution in [3.05, 3.63) is 24.3 Å². The zero-order chi connectivity index (χ0) is 45.7. The lowest BCUT2D eigenvalue weighted by Crippen LogP contribution is -2.37. The van der Waals surface area contributed by atoms with E-state index in [-0.39, 0.29) is 32.0 Å². The fraction of sp³-hybridized carbons (Fsp3) is 0.885. The highest BCUT2D eigenvalue weighted by Crippen LogP contribution is 2.38. The quantitative estimate of drug-likeness (QED) is 0.0195. The molecule has 0 N–H and O–H groups in total. The van der Waals surface area contributed by atoms with Gasteiger partial charge in [0.15, 0.2) is 6.10 Å². The van der Waals surface area contributed by atoms with Crippen LogP contribution in [0.15, 0.2) is 24.3 Å². The number of carbonyl (C=O) groups is 2. The predicted molar refractivity (Wildman–Crippen MR) is 259 cm³/mol. The van der Waals surface area contributed by atoms with Crippen LogP contribution < -0.4 is 4.89 Å². The van der Waals surface area contributed by atoms with Crippen LogP contribution in [0.2, 0.25) is 0 Å². The van der Waals surface area contributed by atoms with Crippen molar-refractivity contribution in [1.82, 2.24) is 0 Å². The van der Waals surface area contributed by atoms with E-state index >= 15 is 0 Å². The lowest BCUT2D eigenvalue weighted by molar-refractivity contribution is -0.870. The Morgan fingerprint density at radius 3 is 1.19 bits per heavy atom. The van der Waals surface area contributed by atoms with Gasteiger partial charge in [-0.3, -0.25) is 14.2 Å². The molecule has 0 spiro atoms. The van der Waals surface area contributed by atoms with E-state index in [2.05, 4.69) is 38.2 Å². The summed E-state index contributed by atoms with van der Waals surface area (Å²) < 4.78 is 34.1. The van der Waals surface area contributed by atoms with E-state index in [1.54, 1.807) is 0 Å². The Kier molecular flexibility index (Phi) is 43.6. The summed E-state index contributed by atoms with van der Waals surface area (Å²) in [6, 6.07) is 0. The third kappa shape index (κ3) is 48.0. The molecule has 9 nitrogen and oxygen atoms in total. The third-order valence-electron chi connectivity index (χ3n) is 11.4. The molecule has 0 aliphatic heterocycles. The molecule has 10 heteroatoms. The summed E-state index contributed by atoms with van der Waals surface area (Å²) in [5.74, 6) is -0.829. The van der Waals surface area contributed by atoms with Gasteiger partial charge < -0.3 is 27.9 Å². The number of rotatable bonds is 48. The van der Waals surface area contributed by atoms with Gasteiger partial charge in [0, 0.05) is 12.8 Å². The molecular formula is C52H100NO8P. The number of hydrogen-bond donors (Lipinski definition) is 0. The Bertz CT molecular complexity index is 1110. The van der Waals surface area contributed by atoms with Crippen molar-refractivity contribution in [3.8, 4) is 0 Å². The molecule has 366 valence electrons. The maximum Gasteiger partial charge on any atom is 0.306 e. The van der Waals surface area contributed by atoms with Crippen molar-refractivity contribution in [2.75, 3.05) is 47.5 Å². The molecule has 0 bridgehead atoms. The van der Waals surface area contributed by atoms with Crippen LogP contribution in [0, 0.1) is 0 Å². The van der Waals surface area contributed by atoms with E-state index in [4.69, 9.17) is 18.5 Å². The molecule has 0 aromatic heterocycles. The molecule has 0 aliphatic rings. The first kappa shape index (κ1) is 60.5. The molecule has 0 saturated carbocycles. The second-order valence-electron chi connectivity index (χ2n) is 18.9. The fourth-order valence-electron chi connectivity index (χ4n) is 7.35. The smallest absolute Gasteiger partial charge is 0.306 e. The first-order valence-corrected chi connectivity index (χ1v) is 27.5. The summed E-state index contributed by atoms with van der Waals surface area (Å²) in [5.41, 5.74) is 0. The number of ether oxygens (including phenoxy) is 2. The number of hydrogen-bond acceptors (Lipinski definition) is 8. The molecule has 2 atom stereocenters. The van der Waals surface area contributed by atoms with Crippen LogP contribution in [-0.4, -0.2) is 70.0 Å². The van der Waals surface area contributed by atoms with Gasteiger partial charge in [-0.05, 0) is 64.2 Å². The van der Waals surface area contributed by atoms with Crippen LogP contribution >= 0.6 is 7.82 Å². The van der Waals surface area contributed by atoms with Crippen LogP contribution in [0.3, 0.4) is 0 Å². The van der Waals surface area contributed by atoms with E-state index in [0.717, 1.165) is 38.5 Å². The summed E-state index contributed by atoms with van der Waals surface area (Å²) >= 11 is 0. The summed E-state index contributed by atoms with van der Waals surface area (Å²) in [6.45, 7) is 4.25. The van der Waals surface area contributed by atoms with E-state index in [1.165, 1.54) is 173 Å². The van der Waals surface area contributed by atoms with Crippen molar-refractivity contribution < 1.29 is 42.1 Å². The Labute approximate surface area is 383 Å². The average Bonchev–Trinajstić information content (AvgIpc) is 3.23. The van der Waals surface area contributed by atoms with E-state index in [1.807, 2.05) is 21.1 Å². The number of allylic oxidation sites excluding steroid dienone is 4. The van der Waals surface area contributed by atoms with Gasteiger partial charge in [0.1, 0.15) is 19.8 Å². The molecule has 0 fully saturated rings. The van der Waals surface area contributed by atoms with Crippen molar-refractivity contribution in [3.63, 3.8) is 0 Å². The van der Waals surface area contributed by atoms with Crippen LogP contribution in [0.25, 0.3) is 0 Å². The van der Waals surface area contributed by atoms with Crippen LogP contribution in [0.5, 0.6) is 0 Å². The molecule has 0 aromatic rings. The van der Waals surface area contributed by atoms with Gasteiger partial charge >= 0.3 is 11.9 Å². The van der Waals surface area contributed by atoms with E-state index in [0.29, 0.717) is 17.4 Å². The van der Waals surface area contributed by atoms with E-state index < -0.39 is 26.5 Å². The largest absolute Gasteiger partial charge is 0.756 e. The molecule has 2 unspecified atom stereocenters. The first-order chi connectivity index (χ1) is 30.0. The average molecular weight is 898 g/mol. The second-order valence-corrected chi connectivity index (χ2v) is 20.3. The molecule has 0 saturated heterocycles. The van der Waals surface area contributed by atoms with Gasteiger partial charge in [0.2, 0.25) is 0 Å². The van der Waals surface area contributed by atoms with Crippen LogP contribution in [0.1, 0.15) is 245 Å². The molecule has 0 radical (unpaired) electrons. The zero-order valence-electron chi connectivity index (χ0n) is 41.3. The number of likely N-dealkylation sites (N-methyl/N-ethyl adjacent to an activating group) is 1. The number of quaternary nitrogens is 1. The van der Waals surface area contributed by atoms with Crippen molar-refractivity contribution in [1.29, 1.82) is 0 Å². The number of nitrogens with zero attached hydrogens (tertiary/aromatic N) is 1. The highest BCUT2D eigenvalue weighted by Gasteiger charge is 2.21. The Morgan fingerprint density at radius 2 is 0.823 bits per heavy atom. The van der Waals surface area contributed by atoms with Crippen molar-refractivity contribution in [2.45, 2.75) is 251 Å². The van der Waals surface area contributed by atoms with Crippen molar-refractivity contribution in [2.24, 2.45) is 0 Å². The highest BCUT2D eigenvalue weighted by molar-refractivity contribution is 7.45. The third-order valence-corrected chi connectivity index (χ3v) is 12.4. The Balaban J connectivity index is 4.23. The maximum atomic E-state index is 12.7. The van der Waals surface area contributed by atoms with Crippen molar-refractivity contribution >= 4 is 19.8 Å². The van der Waals surface area contributed by atoms with Crippen LogP contribution in [0.4, 0.5) is 0 Å².